The van der Waals surface area contributed by atoms with E-state index in [1.807, 2.05) is 6.92 Å². The number of hydrogen-bond donors (Lipinski definition) is 3. The van der Waals surface area contributed by atoms with Crippen LogP contribution in [0.3, 0.4) is 0 Å². The highest BCUT2D eigenvalue weighted by atomic mass is 32.1. The minimum absolute atomic E-state index is 0.0676. The van der Waals surface area contributed by atoms with Crippen molar-refractivity contribution >= 4 is 28.8 Å². The smallest absolute Gasteiger partial charge is 0.263 e. The molecule has 0 aliphatic heterocycles. The van der Waals surface area contributed by atoms with E-state index >= 15 is 0 Å². The average molecular weight is 241 g/mol. The van der Waals surface area contributed by atoms with Crippen molar-refractivity contribution in [1.29, 1.82) is 0 Å². The molecule has 1 aromatic heterocycles. The van der Waals surface area contributed by atoms with Crippen LogP contribution in [0, 0.1) is 0 Å². The first-order chi connectivity index (χ1) is 7.65. The van der Waals surface area contributed by atoms with Crippen LogP contribution in [0.5, 0.6) is 0 Å². The largest absolute Gasteiger partial charge is 0.397 e. The Balaban J connectivity index is 2.31. The zero-order valence-electron chi connectivity index (χ0n) is 9.08. The van der Waals surface area contributed by atoms with Gasteiger partial charge in [0.25, 0.3) is 5.91 Å². The quantitative estimate of drug-likeness (QED) is 0.705. The number of nitrogens with one attached hydrogen (secondary N) is 2. The molecule has 1 aromatic rings. The van der Waals surface area contributed by atoms with Crippen molar-refractivity contribution in [2.75, 3.05) is 18.8 Å². The van der Waals surface area contributed by atoms with Crippen LogP contribution in [0.25, 0.3) is 0 Å². The number of nitrogens with two attached hydrogens (primary N) is 1. The maximum Gasteiger partial charge on any atom is 0.263 e. The first-order valence-corrected chi connectivity index (χ1v) is 5.91. The van der Waals surface area contributed by atoms with E-state index in [4.69, 9.17) is 5.73 Å². The number of rotatable bonds is 5. The first-order valence-electron chi connectivity index (χ1n) is 5.03. The van der Waals surface area contributed by atoms with E-state index in [0.717, 1.165) is 0 Å². The Morgan fingerprint density at radius 1 is 1.44 bits per heavy atom. The fourth-order valence-corrected chi connectivity index (χ4v) is 1.89. The van der Waals surface area contributed by atoms with E-state index in [0.29, 0.717) is 23.7 Å². The van der Waals surface area contributed by atoms with E-state index in [1.54, 1.807) is 11.4 Å². The molecule has 0 unspecified atom stereocenters. The lowest BCUT2D eigenvalue weighted by atomic mass is 10.3. The number of thiophene rings is 1. The molecule has 16 heavy (non-hydrogen) atoms. The lowest BCUT2D eigenvalue weighted by Crippen LogP contribution is -2.30. The van der Waals surface area contributed by atoms with Gasteiger partial charge in [-0.2, -0.15) is 0 Å². The second-order valence-electron chi connectivity index (χ2n) is 3.16. The Labute approximate surface area is 98.0 Å². The van der Waals surface area contributed by atoms with E-state index in [9.17, 15) is 9.59 Å². The minimum atomic E-state index is -0.225. The summed E-state index contributed by atoms with van der Waals surface area (Å²) in [5.74, 6) is -0.293. The third kappa shape index (κ3) is 3.54. The number of anilines is 1. The average Bonchev–Trinajstić information content (AvgIpc) is 2.64. The molecule has 5 nitrogen and oxygen atoms in total. The third-order valence-electron chi connectivity index (χ3n) is 1.91. The molecular formula is C10H15N3O2S. The molecule has 0 aliphatic rings. The summed E-state index contributed by atoms with van der Waals surface area (Å²) in [5, 5.41) is 7.06. The molecule has 2 amide bonds. The Hall–Kier alpha value is -1.56. The van der Waals surface area contributed by atoms with E-state index < -0.39 is 0 Å². The van der Waals surface area contributed by atoms with Gasteiger partial charge in [0.1, 0.15) is 4.88 Å². The molecule has 0 bridgehead atoms. The van der Waals surface area contributed by atoms with Gasteiger partial charge in [0, 0.05) is 19.5 Å². The summed E-state index contributed by atoms with van der Waals surface area (Å²) in [6.45, 7) is 2.77. The molecule has 1 heterocycles. The predicted molar refractivity (Wildman–Crippen MR) is 64.4 cm³/mol. The summed E-state index contributed by atoms with van der Waals surface area (Å²) in [4.78, 5) is 23.1. The second kappa shape index (κ2) is 6.12. The minimum Gasteiger partial charge on any atom is -0.397 e. The Morgan fingerprint density at radius 2 is 2.19 bits per heavy atom. The maximum absolute atomic E-state index is 11.6. The van der Waals surface area contributed by atoms with Gasteiger partial charge < -0.3 is 16.4 Å². The highest BCUT2D eigenvalue weighted by molar-refractivity contribution is 7.12. The highest BCUT2D eigenvalue weighted by Gasteiger charge is 2.10. The molecule has 0 aromatic carbocycles. The second-order valence-corrected chi connectivity index (χ2v) is 4.08. The zero-order chi connectivity index (χ0) is 12.0. The van der Waals surface area contributed by atoms with E-state index in [1.165, 1.54) is 11.3 Å². The van der Waals surface area contributed by atoms with E-state index in [-0.39, 0.29) is 18.2 Å². The van der Waals surface area contributed by atoms with Crippen molar-refractivity contribution in [1.82, 2.24) is 10.6 Å². The molecule has 0 radical (unpaired) electrons. The van der Waals surface area contributed by atoms with Gasteiger partial charge in [-0.05, 0) is 18.4 Å². The monoisotopic (exact) mass is 241 g/mol. The first kappa shape index (κ1) is 12.5. The van der Waals surface area contributed by atoms with Gasteiger partial charge in [-0.25, -0.2) is 0 Å². The van der Waals surface area contributed by atoms with Crippen LogP contribution in [-0.4, -0.2) is 24.9 Å². The topological polar surface area (TPSA) is 84.2 Å². The van der Waals surface area contributed by atoms with Gasteiger partial charge in [-0.1, -0.05) is 0 Å². The van der Waals surface area contributed by atoms with Crippen molar-refractivity contribution in [3.63, 3.8) is 0 Å². The molecule has 0 saturated carbocycles. The summed E-state index contributed by atoms with van der Waals surface area (Å²) in [5.41, 5.74) is 6.06. The van der Waals surface area contributed by atoms with Crippen molar-refractivity contribution in [3.8, 4) is 0 Å². The normalized spacial score (nSPS) is 9.81. The fourth-order valence-electron chi connectivity index (χ4n) is 1.16. The van der Waals surface area contributed by atoms with Crippen molar-refractivity contribution in [3.05, 3.63) is 16.3 Å². The summed E-state index contributed by atoms with van der Waals surface area (Å²) in [6.07, 6.45) is 0.283. The number of carbonyl (C=O) groups excluding carboxylic acids is 2. The van der Waals surface area contributed by atoms with Crippen LogP contribution in [0.1, 0.15) is 23.0 Å². The van der Waals surface area contributed by atoms with Crippen LogP contribution >= 0.6 is 11.3 Å². The summed E-state index contributed by atoms with van der Waals surface area (Å²) in [7, 11) is 0. The molecule has 0 saturated heterocycles. The summed E-state index contributed by atoms with van der Waals surface area (Å²) < 4.78 is 0. The number of hydrogen-bond acceptors (Lipinski definition) is 4. The van der Waals surface area contributed by atoms with Gasteiger partial charge in [0.15, 0.2) is 0 Å². The van der Waals surface area contributed by atoms with E-state index in [2.05, 4.69) is 10.6 Å². The molecule has 0 spiro atoms. The van der Waals surface area contributed by atoms with Gasteiger partial charge in [0.2, 0.25) is 5.91 Å². The lowest BCUT2D eigenvalue weighted by Gasteiger charge is -2.04. The summed E-state index contributed by atoms with van der Waals surface area (Å²) >= 11 is 1.29. The van der Waals surface area contributed by atoms with Crippen LogP contribution in [-0.2, 0) is 4.79 Å². The molecule has 1 rings (SSSR count). The van der Waals surface area contributed by atoms with Crippen LogP contribution < -0.4 is 16.4 Å². The van der Waals surface area contributed by atoms with Gasteiger partial charge in [0.05, 0.1) is 5.69 Å². The molecule has 88 valence electrons. The summed E-state index contributed by atoms with van der Waals surface area (Å²) in [6, 6.07) is 1.68. The lowest BCUT2D eigenvalue weighted by molar-refractivity contribution is -0.120. The van der Waals surface area contributed by atoms with Gasteiger partial charge in [-0.15, -0.1) is 11.3 Å². The number of nitrogen functional groups attached to an aromatic ring is 1. The molecule has 6 heteroatoms. The SMILES string of the molecule is CCNC(=O)CCNC(=O)c1sccc1N. The third-order valence-corrected chi connectivity index (χ3v) is 2.84. The number of amides is 2. The standard InChI is InChI=1S/C10H15N3O2S/c1-2-12-8(14)3-5-13-10(15)9-7(11)4-6-16-9/h4,6H,2-3,5,11H2,1H3,(H,12,14)(H,13,15). The molecule has 4 N–H and O–H groups in total. The highest BCUT2D eigenvalue weighted by Crippen LogP contribution is 2.17. The van der Waals surface area contributed by atoms with Crippen LogP contribution in [0.15, 0.2) is 11.4 Å². The maximum atomic E-state index is 11.6. The Morgan fingerprint density at radius 3 is 2.75 bits per heavy atom. The molecule has 0 atom stereocenters. The van der Waals surface area contributed by atoms with Gasteiger partial charge >= 0.3 is 0 Å². The van der Waals surface area contributed by atoms with Crippen LogP contribution in [0.2, 0.25) is 0 Å². The van der Waals surface area contributed by atoms with Crippen LogP contribution in [0.4, 0.5) is 5.69 Å². The molecular weight excluding hydrogens is 226 g/mol. The Bertz CT molecular complexity index is 376. The van der Waals surface area contributed by atoms with Crippen molar-refractivity contribution in [2.45, 2.75) is 13.3 Å². The van der Waals surface area contributed by atoms with Crippen molar-refractivity contribution in [2.24, 2.45) is 0 Å². The van der Waals surface area contributed by atoms with Crippen molar-refractivity contribution < 1.29 is 9.59 Å². The molecule has 0 aliphatic carbocycles. The fraction of sp³-hybridized carbons (Fsp3) is 0.400. The predicted octanol–water partition coefficient (Wildman–Crippen LogP) is 0.586. The molecule has 0 fully saturated rings. The Kier molecular flexibility index (Phi) is 4.78. The van der Waals surface area contributed by atoms with Gasteiger partial charge in [-0.3, -0.25) is 9.59 Å². The number of carbonyl (C=O) groups is 2. The zero-order valence-corrected chi connectivity index (χ0v) is 9.89.